The number of carbonyl (C=O) groups is 1. The molecule has 0 saturated carbocycles. The first kappa shape index (κ1) is 25.6. The van der Waals surface area contributed by atoms with Crippen molar-refractivity contribution in [3.05, 3.63) is 83.4 Å². The SMILES string of the molecule is CCCc1cc(Oc2ccccc2)ccc1OCCCOc1ccc2c(c1)CC[C@H]2CC(=O)OCC. The second-order valence-corrected chi connectivity index (χ2v) is 9.09. The van der Waals surface area contributed by atoms with Gasteiger partial charge in [-0.2, -0.15) is 0 Å². The van der Waals surface area contributed by atoms with E-state index in [1.165, 1.54) is 11.1 Å². The van der Waals surface area contributed by atoms with Crippen LogP contribution in [0.15, 0.2) is 66.7 Å². The molecule has 0 unspecified atom stereocenters. The van der Waals surface area contributed by atoms with Crippen LogP contribution in [0, 0.1) is 0 Å². The van der Waals surface area contributed by atoms with Crippen molar-refractivity contribution in [2.75, 3.05) is 19.8 Å². The monoisotopic (exact) mass is 488 g/mol. The van der Waals surface area contributed by atoms with Crippen molar-refractivity contribution in [2.24, 2.45) is 0 Å². The van der Waals surface area contributed by atoms with Crippen LogP contribution in [0.25, 0.3) is 0 Å². The highest BCUT2D eigenvalue weighted by Crippen LogP contribution is 2.37. The number of carbonyl (C=O) groups excluding carboxylic acids is 1. The van der Waals surface area contributed by atoms with Gasteiger partial charge in [0, 0.05) is 6.42 Å². The summed E-state index contributed by atoms with van der Waals surface area (Å²) in [5, 5.41) is 0. The van der Waals surface area contributed by atoms with Crippen LogP contribution in [0.1, 0.15) is 62.1 Å². The van der Waals surface area contributed by atoms with Crippen LogP contribution < -0.4 is 14.2 Å². The number of hydrogen-bond donors (Lipinski definition) is 0. The Kier molecular flexibility index (Phi) is 9.26. The van der Waals surface area contributed by atoms with Crippen molar-refractivity contribution in [2.45, 2.75) is 58.3 Å². The summed E-state index contributed by atoms with van der Waals surface area (Å²) in [6, 6.07) is 22.1. The molecule has 1 atom stereocenters. The van der Waals surface area contributed by atoms with Crippen molar-refractivity contribution < 1.29 is 23.7 Å². The van der Waals surface area contributed by atoms with Crippen LogP contribution in [0.3, 0.4) is 0 Å². The molecular weight excluding hydrogens is 452 g/mol. The van der Waals surface area contributed by atoms with Crippen LogP contribution >= 0.6 is 0 Å². The summed E-state index contributed by atoms with van der Waals surface area (Å²) in [6.07, 6.45) is 5.18. The molecule has 0 spiro atoms. The van der Waals surface area contributed by atoms with E-state index in [9.17, 15) is 4.79 Å². The lowest BCUT2D eigenvalue weighted by molar-refractivity contribution is -0.143. The molecule has 4 rings (SSSR count). The summed E-state index contributed by atoms with van der Waals surface area (Å²) >= 11 is 0. The average molecular weight is 489 g/mol. The Morgan fingerprint density at radius 3 is 2.50 bits per heavy atom. The van der Waals surface area contributed by atoms with Gasteiger partial charge in [-0.3, -0.25) is 4.79 Å². The Labute approximate surface area is 214 Å². The Balaban J connectivity index is 1.24. The number of benzene rings is 3. The molecule has 0 radical (unpaired) electrons. The minimum absolute atomic E-state index is 0.115. The Morgan fingerprint density at radius 2 is 1.69 bits per heavy atom. The van der Waals surface area contributed by atoms with Crippen molar-refractivity contribution >= 4 is 5.97 Å². The van der Waals surface area contributed by atoms with Gasteiger partial charge >= 0.3 is 5.97 Å². The summed E-state index contributed by atoms with van der Waals surface area (Å²) in [5.41, 5.74) is 3.68. The minimum atomic E-state index is -0.115. The van der Waals surface area contributed by atoms with Crippen molar-refractivity contribution in [3.8, 4) is 23.0 Å². The summed E-state index contributed by atoms with van der Waals surface area (Å²) in [5.74, 6) is 3.56. The predicted molar refractivity (Wildman–Crippen MR) is 141 cm³/mol. The quantitative estimate of drug-likeness (QED) is 0.187. The Bertz CT molecular complexity index is 1130. The van der Waals surface area contributed by atoms with Crippen LogP contribution in [0.2, 0.25) is 0 Å². The highest BCUT2D eigenvalue weighted by molar-refractivity contribution is 5.71. The topological polar surface area (TPSA) is 54.0 Å². The Hall–Kier alpha value is -3.47. The first-order valence-electron chi connectivity index (χ1n) is 13.1. The number of para-hydroxylation sites is 1. The van der Waals surface area contributed by atoms with Crippen molar-refractivity contribution in [1.82, 2.24) is 0 Å². The molecule has 0 aromatic heterocycles. The van der Waals surface area contributed by atoms with Crippen LogP contribution in [-0.2, 0) is 22.4 Å². The van der Waals surface area contributed by atoms with Crippen molar-refractivity contribution in [1.29, 1.82) is 0 Å². The molecule has 0 heterocycles. The molecule has 3 aromatic carbocycles. The molecule has 0 amide bonds. The van der Waals surface area contributed by atoms with Crippen LogP contribution in [-0.4, -0.2) is 25.8 Å². The normalized spacial score (nSPS) is 14.2. The van der Waals surface area contributed by atoms with Gasteiger partial charge in [-0.25, -0.2) is 0 Å². The van der Waals surface area contributed by atoms with Gasteiger partial charge in [0.25, 0.3) is 0 Å². The smallest absolute Gasteiger partial charge is 0.306 e. The second kappa shape index (κ2) is 13.0. The lowest BCUT2D eigenvalue weighted by Gasteiger charge is -2.14. The average Bonchev–Trinajstić information content (AvgIpc) is 3.27. The van der Waals surface area contributed by atoms with Gasteiger partial charge in [0.15, 0.2) is 0 Å². The number of aryl methyl sites for hydroxylation is 2. The largest absolute Gasteiger partial charge is 0.493 e. The Morgan fingerprint density at radius 1 is 0.889 bits per heavy atom. The van der Waals surface area contributed by atoms with Gasteiger partial charge in [0.1, 0.15) is 23.0 Å². The van der Waals surface area contributed by atoms with Gasteiger partial charge < -0.3 is 18.9 Å². The van der Waals surface area contributed by atoms with Gasteiger partial charge in [-0.1, -0.05) is 37.6 Å². The van der Waals surface area contributed by atoms with E-state index in [2.05, 4.69) is 25.1 Å². The maximum absolute atomic E-state index is 11.9. The maximum atomic E-state index is 11.9. The number of esters is 1. The molecule has 0 saturated heterocycles. The fourth-order valence-corrected chi connectivity index (χ4v) is 4.69. The van der Waals surface area contributed by atoms with E-state index < -0.39 is 0 Å². The van der Waals surface area contributed by atoms with E-state index in [4.69, 9.17) is 18.9 Å². The molecular formula is C31H36O5. The van der Waals surface area contributed by atoms with E-state index in [0.717, 1.165) is 60.7 Å². The van der Waals surface area contributed by atoms with Gasteiger partial charge in [0.2, 0.25) is 0 Å². The third kappa shape index (κ3) is 7.03. The summed E-state index contributed by atoms with van der Waals surface area (Å²) < 4.78 is 23.2. The minimum Gasteiger partial charge on any atom is -0.493 e. The first-order chi connectivity index (χ1) is 17.7. The zero-order valence-electron chi connectivity index (χ0n) is 21.3. The molecule has 0 bridgehead atoms. The summed E-state index contributed by atoms with van der Waals surface area (Å²) in [4.78, 5) is 11.9. The standard InChI is InChI=1S/C31H36O5/c1-3-9-25-21-28(36-26-10-6-5-7-11-26)15-17-30(25)35-19-8-18-34-27-14-16-29-23(20-27)12-13-24(29)22-31(32)33-4-2/h5-7,10-11,14-17,20-21,24H,3-4,8-9,12-13,18-19,22H2,1-2H3/t24-/m0/s1. The van der Waals surface area contributed by atoms with Gasteiger partial charge in [0.05, 0.1) is 26.2 Å². The number of rotatable bonds is 13. The van der Waals surface area contributed by atoms with E-state index in [1.807, 2.05) is 55.5 Å². The molecule has 5 nitrogen and oxygen atoms in total. The lowest BCUT2D eigenvalue weighted by atomic mass is 9.98. The fraction of sp³-hybridized carbons (Fsp3) is 0.387. The van der Waals surface area contributed by atoms with Crippen LogP contribution in [0.4, 0.5) is 0 Å². The third-order valence-electron chi connectivity index (χ3n) is 6.38. The summed E-state index contributed by atoms with van der Waals surface area (Å²) in [7, 11) is 0. The van der Waals surface area contributed by atoms with Crippen LogP contribution in [0.5, 0.6) is 23.0 Å². The van der Waals surface area contributed by atoms with Gasteiger partial charge in [-0.05, 0) is 91.3 Å². The zero-order valence-corrected chi connectivity index (χ0v) is 21.3. The molecule has 1 aliphatic rings. The predicted octanol–water partition coefficient (Wildman–Crippen LogP) is 7.26. The number of ether oxygens (including phenoxy) is 4. The number of hydrogen-bond acceptors (Lipinski definition) is 5. The third-order valence-corrected chi connectivity index (χ3v) is 6.38. The number of fused-ring (bicyclic) bond motifs is 1. The van der Waals surface area contributed by atoms with E-state index in [0.29, 0.717) is 26.2 Å². The zero-order chi connectivity index (χ0) is 25.2. The van der Waals surface area contributed by atoms with E-state index in [-0.39, 0.29) is 11.9 Å². The fourth-order valence-electron chi connectivity index (χ4n) is 4.69. The maximum Gasteiger partial charge on any atom is 0.306 e. The van der Waals surface area contributed by atoms with E-state index in [1.54, 1.807) is 0 Å². The molecule has 190 valence electrons. The first-order valence-corrected chi connectivity index (χ1v) is 13.1. The molecule has 3 aromatic rings. The summed E-state index contributed by atoms with van der Waals surface area (Å²) in [6.45, 7) is 5.61. The molecule has 0 fully saturated rings. The van der Waals surface area contributed by atoms with Gasteiger partial charge in [-0.15, -0.1) is 0 Å². The lowest BCUT2D eigenvalue weighted by Crippen LogP contribution is -2.08. The molecule has 0 aliphatic heterocycles. The molecule has 5 heteroatoms. The molecule has 0 N–H and O–H groups in total. The highest BCUT2D eigenvalue weighted by Gasteiger charge is 2.25. The highest BCUT2D eigenvalue weighted by atomic mass is 16.5. The van der Waals surface area contributed by atoms with E-state index >= 15 is 0 Å². The van der Waals surface area contributed by atoms with Crippen molar-refractivity contribution in [3.63, 3.8) is 0 Å². The molecule has 36 heavy (non-hydrogen) atoms. The molecule has 1 aliphatic carbocycles. The second-order valence-electron chi connectivity index (χ2n) is 9.09.